The molecule has 2 aliphatic carbocycles. The number of aliphatic hydroxyl groups is 4. The molecule has 4 aromatic rings. The minimum absolute atomic E-state index is 0. The highest BCUT2D eigenvalue weighted by molar-refractivity contribution is 6.29. The van der Waals surface area contributed by atoms with Gasteiger partial charge in [-0.15, -0.1) is 0 Å². The maximum atomic E-state index is 13.4. The van der Waals surface area contributed by atoms with Gasteiger partial charge in [0.15, 0.2) is 41.2 Å². The highest BCUT2D eigenvalue weighted by Gasteiger charge is 2.56. The van der Waals surface area contributed by atoms with E-state index in [0.29, 0.717) is 22.2 Å². The van der Waals surface area contributed by atoms with Crippen molar-refractivity contribution in [3.63, 3.8) is 0 Å². The van der Waals surface area contributed by atoms with Crippen LogP contribution < -0.4 is 9.80 Å². The maximum absolute atomic E-state index is 13.4. The standard InChI is InChI=1S/C23H32ClN5O6.C20H28ClN5O6.CH4/c1-22(2,3)35-21(31)28(12-8-6-7-9-12)17-13-10-25-29(18(13)27-20(24)26-17)19-16-15(14(11-30)32-19)33-23(4,5)34-16;1-20(2,3)32-19(30)25(10-6-4-5-7-10)15-11-8-22-26(16(11)24-18(21)23-15)17-14(29)13(28)12(9-27)31-17;/h10,12,14-16,19,30H,6-9,11H2,1-5H3;8,10,12-14,17,27-29H,4-7,9H2,1-3H3;1H4/t14-,15-,16-,19-;12-,13-,14-,17-;/m11./s1. The van der Waals surface area contributed by atoms with E-state index >= 15 is 0 Å². The monoisotopic (exact) mass is 994 g/mol. The lowest BCUT2D eigenvalue weighted by atomic mass is 10.1. The lowest BCUT2D eigenvalue weighted by molar-refractivity contribution is -0.201. The van der Waals surface area contributed by atoms with E-state index in [-0.39, 0.29) is 48.1 Å². The summed E-state index contributed by atoms with van der Waals surface area (Å²) in [5.74, 6) is -0.217. The topological polar surface area (TPSA) is 264 Å². The van der Waals surface area contributed by atoms with Gasteiger partial charge in [-0.1, -0.05) is 33.1 Å². The molecule has 24 heteroatoms. The van der Waals surface area contributed by atoms with E-state index in [1.54, 1.807) is 36.5 Å². The van der Waals surface area contributed by atoms with Gasteiger partial charge >= 0.3 is 12.2 Å². The zero-order valence-electron chi connectivity index (χ0n) is 38.8. The molecule has 0 spiro atoms. The summed E-state index contributed by atoms with van der Waals surface area (Å²) in [6, 6.07) is -0.183. The number of fused-ring (bicyclic) bond motifs is 3. The summed E-state index contributed by atoms with van der Waals surface area (Å²) in [6.45, 7) is 13.8. The molecule has 5 fully saturated rings. The average Bonchev–Trinajstić information content (AvgIpc) is 4.10. The third-order valence-electron chi connectivity index (χ3n) is 12.1. The smallest absolute Gasteiger partial charge is 0.416 e. The van der Waals surface area contributed by atoms with Crippen LogP contribution in [-0.2, 0) is 28.4 Å². The fourth-order valence-corrected chi connectivity index (χ4v) is 9.68. The number of carbonyl (C=O) groups excluding carboxylic acids is 2. The van der Waals surface area contributed by atoms with E-state index in [0.717, 1.165) is 51.4 Å². The quantitative estimate of drug-likeness (QED) is 0.148. The Morgan fingerprint density at radius 3 is 1.51 bits per heavy atom. The van der Waals surface area contributed by atoms with Gasteiger partial charge in [-0.25, -0.2) is 19.0 Å². The van der Waals surface area contributed by atoms with Gasteiger partial charge in [-0.2, -0.15) is 30.1 Å². The maximum Gasteiger partial charge on any atom is 0.416 e. The predicted octanol–water partition coefficient (Wildman–Crippen LogP) is 5.99. The van der Waals surface area contributed by atoms with Gasteiger partial charge in [0, 0.05) is 12.1 Å². The first kappa shape index (κ1) is 51.7. The molecule has 8 atom stereocenters. The summed E-state index contributed by atoms with van der Waals surface area (Å²) in [4.78, 5) is 47.1. The molecule has 0 aromatic carbocycles. The molecule has 7 heterocycles. The number of amides is 2. The van der Waals surface area contributed by atoms with E-state index in [4.69, 9.17) is 51.6 Å². The van der Waals surface area contributed by atoms with Gasteiger partial charge < -0.3 is 48.8 Å². The minimum Gasteiger partial charge on any atom is -0.443 e. The van der Waals surface area contributed by atoms with E-state index in [1.807, 2.05) is 34.6 Å². The lowest BCUT2D eigenvalue weighted by Gasteiger charge is -2.31. The molecule has 0 radical (unpaired) electrons. The molecule has 68 heavy (non-hydrogen) atoms. The molecule has 3 saturated heterocycles. The molecule has 2 saturated carbocycles. The number of hydrogen-bond acceptors (Lipinski definition) is 18. The first-order valence-corrected chi connectivity index (χ1v) is 23.4. The SMILES string of the molecule is C.CC(C)(C)OC(=O)N(c1nc(Cl)nc2c1cnn2[C@@H]1O[C@H](CO)[C@@H](O)[C@H]1O)C1CCCC1.CC(C)(C)OC(=O)N(c1nc(Cl)nc2c1cnn2[C@@H]1O[C@H](CO)[C@H]2OC(C)(C)O[C@H]21)C1CCCC1. The van der Waals surface area contributed by atoms with Crippen molar-refractivity contribution in [2.24, 2.45) is 0 Å². The van der Waals surface area contributed by atoms with Gasteiger partial charge in [0.1, 0.15) is 47.8 Å². The number of halogens is 2. The number of ether oxygens (including phenoxy) is 6. The molecule has 9 rings (SSSR count). The Labute approximate surface area is 404 Å². The van der Waals surface area contributed by atoms with Crippen molar-refractivity contribution in [2.75, 3.05) is 23.0 Å². The van der Waals surface area contributed by atoms with Crippen LogP contribution in [0.5, 0.6) is 0 Å². The summed E-state index contributed by atoms with van der Waals surface area (Å²) in [7, 11) is 0. The second-order valence-corrected chi connectivity index (χ2v) is 20.6. The van der Waals surface area contributed by atoms with E-state index in [1.165, 1.54) is 15.8 Å². The van der Waals surface area contributed by atoms with Crippen molar-refractivity contribution < 1.29 is 58.4 Å². The molecule has 5 aliphatic rings. The molecular weight excluding hydrogens is 931 g/mol. The number of hydrogen-bond donors (Lipinski definition) is 4. The van der Waals surface area contributed by atoms with Crippen LogP contribution in [0.1, 0.15) is 127 Å². The van der Waals surface area contributed by atoms with Gasteiger partial charge in [0.25, 0.3) is 0 Å². The highest BCUT2D eigenvalue weighted by atomic mass is 35.5. The minimum atomic E-state index is -1.34. The third kappa shape index (κ3) is 10.5. The first-order chi connectivity index (χ1) is 31.6. The first-order valence-electron chi connectivity index (χ1n) is 22.7. The molecule has 0 bridgehead atoms. The summed E-state index contributed by atoms with van der Waals surface area (Å²) in [5.41, 5.74) is -0.763. The summed E-state index contributed by atoms with van der Waals surface area (Å²) in [6.07, 6.45) is 2.31. The van der Waals surface area contributed by atoms with E-state index < -0.39 is 84.9 Å². The molecule has 2 amide bonds. The molecule has 0 unspecified atom stereocenters. The Bertz CT molecular complexity index is 2430. The van der Waals surface area contributed by atoms with Crippen molar-refractivity contribution in [2.45, 2.75) is 192 Å². The Balaban J connectivity index is 0.000000199. The molecule has 4 N–H and O–H groups in total. The van der Waals surface area contributed by atoms with Gasteiger partial charge in [-0.05, 0) is 104 Å². The number of aliphatic hydroxyl groups excluding tert-OH is 4. The van der Waals surface area contributed by atoms with Crippen LogP contribution in [-0.4, -0.2) is 151 Å². The third-order valence-corrected chi connectivity index (χ3v) is 12.5. The average molecular weight is 996 g/mol. The molecule has 4 aromatic heterocycles. The second kappa shape index (κ2) is 20.0. The summed E-state index contributed by atoms with van der Waals surface area (Å²) in [5, 5.41) is 49.4. The Morgan fingerprint density at radius 1 is 0.691 bits per heavy atom. The Kier molecular flexibility index (Phi) is 15.2. The molecule has 22 nitrogen and oxygen atoms in total. The van der Waals surface area contributed by atoms with Crippen LogP contribution in [0.4, 0.5) is 21.2 Å². The van der Waals surface area contributed by atoms with Crippen LogP contribution in [0.3, 0.4) is 0 Å². The zero-order valence-corrected chi connectivity index (χ0v) is 40.3. The van der Waals surface area contributed by atoms with E-state index in [9.17, 15) is 30.0 Å². The molecule has 3 aliphatic heterocycles. The zero-order chi connectivity index (χ0) is 48.3. The van der Waals surface area contributed by atoms with Crippen LogP contribution in [0, 0.1) is 0 Å². The Morgan fingerprint density at radius 2 is 1.10 bits per heavy atom. The van der Waals surface area contributed by atoms with Crippen molar-refractivity contribution in [1.82, 2.24) is 39.5 Å². The van der Waals surface area contributed by atoms with Crippen LogP contribution in [0.2, 0.25) is 10.6 Å². The summed E-state index contributed by atoms with van der Waals surface area (Å²) >= 11 is 12.6. The molecule has 376 valence electrons. The lowest BCUT2D eigenvalue weighted by Crippen LogP contribution is -2.43. The van der Waals surface area contributed by atoms with Crippen molar-refractivity contribution in [3.05, 3.63) is 23.0 Å². The van der Waals surface area contributed by atoms with Crippen LogP contribution in [0.25, 0.3) is 22.1 Å². The van der Waals surface area contributed by atoms with Crippen molar-refractivity contribution in [1.29, 1.82) is 0 Å². The predicted molar refractivity (Wildman–Crippen MR) is 247 cm³/mol. The highest BCUT2D eigenvalue weighted by Crippen LogP contribution is 2.45. The summed E-state index contributed by atoms with van der Waals surface area (Å²) < 4.78 is 37.9. The Hall–Kier alpha value is -4.10. The number of carbonyl (C=O) groups is 2. The van der Waals surface area contributed by atoms with Gasteiger partial charge in [-0.3, -0.25) is 9.80 Å². The number of aromatic nitrogens is 8. The number of rotatable bonds is 8. The molecular formula is C44H64Cl2N10O12. The fraction of sp³-hybridized carbons (Fsp3) is 0.727. The van der Waals surface area contributed by atoms with E-state index in [2.05, 4.69) is 30.1 Å². The van der Waals surface area contributed by atoms with Crippen LogP contribution in [0.15, 0.2) is 12.4 Å². The van der Waals surface area contributed by atoms with Crippen LogP contribution >= 0.6 is 23.2 Å². The fourth-order valence-electron chi connectivity index (χ4n) is 9.36. The normalized spacial score (nSPS) is 27.3. The van der Waals surface area contributed by atoms with Gasteiger partial charge in [0.05, 0.1) is 36.4 Å². The van der Waals surface area contributed by atoms with Crippen molar-refractivity contribution in [3.8, 4) is 0 Å². The number of nitrogens with zero attached hydrogens (tertiary/aromatic N) is 10. The van der Waals surface area contributed by atoms with Gasteiger partial charge in [0.2, 0.25) is 10.6 Å². The second-order valence-electron chi connectivity index (χ2n) is 19.9. The number of anilines is 2. The van der Waals surface area contributed by atoms with Crippen molar-refractivity contribution >= 4 is 69.1 Å². The largest absolute Gasteiger partial charge is 0.443 e.